The Balaban J connectivity index is 2.49. The third kappa shape index (κ3) is 1.36. The first-order valence-electron chi connectivity index (χ1n) is 4.79. The van der Waals surface area contributed by atoms with Crippen LogP contribution < -0.4 is 0 Å². The van der Waals surface area contributed by atoms with Crippen LogP contribution in [0.4, 0.5) is 0 Å². The van der Waals surface area contributed by atoms with Gasteiger partial charge in [-0.2, -0.15) is 4.58 Å². The van der Waals surface area contributed by atoms with E-state index in [1.54, 1.807) is 16.4 Å². The summed E-state index contributed by atoms with van der Waals surface area (Å²) in [5.41, 5.74) is 0. The molecule has 0 bridgehead atoms. The maximum Gasteiger partial charge on any atom is 0.354 e. The van der Waals surface area contributed by atoms with E-state index >= 15 is 0 Å². The lowest BCUT2D eigenvalue weighted by molar-refractivity contribution is -0.389. The molecular formula is C9H13N4OS+. The molecular weight excluding hydrogens is 212 g/mol. The Kier molecular flexibility index (Phi) is 2.30. The van der Waals surface area contributed by atoms with Gasteiger partial charge < -0.3 is 4.74 Å². The second-order valence-corrected chi connectivity index (χ2v) is 3.83. The van der Waals surface area contributed by atoms with Gasteiger partial charge in [0.15, 0.2) is 5.90 Å². The van der Waals surface area contributed by atoms with Crippen molar-refractivity contribution < 1.29 is 9.31 Å². The summed E-state index contributed by atoms with van der Waals surface area (Å²) in [5, 5.41) is 8.58. The average molecular weight is 225 g/mol. The summed E-state index contributed by atoms with van der Waals surface area (Å²) in [6, 6.07) is -0.318. The highest BCUT2D eigenvalue weighted by Crippen LogP contribution is 2.17. The third-order valence-electron chi connectivity index (χ3n) is 2.51. The van der Waals surface area contributed by atoms with Gasteiger partial charge in [-0.15, -0.1) is 0 Å². The van der Waals surface area contributed by atoms with Crippen molar-refractivity contribution in [3.63, 3.8) is 0 Å². The van der Waals surface area contributed by atoms with Crippen molar-refractivity contribution in [1.82, 2.24) is 4.90 Å². The van der Waals surface area contributed by atoms with Gasteiger partial charge in [0.05, 0.1) is 13.6 Å². The molecule has 6 heteroatoms. The van der Waals surface area contributed by atoms with Crippen LogP contribution in [0.2, 0.25) is 0 Å². The van der Waals surface area contributed by atoms with Gasteiger partial charge in [-0.05, 0) is 6.92 Å². The molecule has 2 heterocycles. The van der Waals surface area contributed by atoms with Gasteiger partial charge in [0.1, 0.15) is 0 Å². The molecule has 2 rings (SSSR count). The number of ether oxygens (including phenoxy) is 1. The molecule has 0 aliphatic carbocycles. The van der Waals surface area contributed by atoms with E-state index in [9.17, 15) is 0 Å². The van der Waals surface area contributed by atoms with Gasteiger partial charge in [-0.1, -0.05) is 0 Å². The molecule has 0 saturated heterocycles. The second-order valence-electron chi connectivity index (χ2n) is 3.46. The minimum Gasteiger partial charge on any atom is -0.410 e. The number of aliphatic imine (C=N–C) groups is 1. The second kappa shape index (κ2) is 3.37. The number of hydrogen-bond donors (Lipinski definition) is 1. The fourth-order valence-corrected chi connectivity index (χ4v) is 2.05. The smallest absolute Gasteiger partial charge is 0.354 e. The third-order valence-corrected chi connectivity index (χ3v) is 3.01. The number of nitrogens with zero attached hydrogens (tertiary/aromatic N) is 3. The van der Waals surface area contributed by atoms with E-state index in [0.717, 1.165) is 0 Å². The minimum absolute atomic E-state index is 0.318. The van der Waals surface area contributed by atoms with Crippen LogP contribution in [0.15, 0.2) is 4.99 Å². The monoisotopic (exact) mass is 225 g/mol. The number of amidine groups is 1. The number of fused-ring (bicyclic) bond motifs is 1. The zero-order valence-electron chi connectivity index (χ0n) is 8.94. The summed E-state index contributed by atoms with van der Waals surface area (Å²) in [6.45, 7) is 4.43. The predicted octanol–water partition coefficient (Wildman–Crippen LogP) is 0.442. The van der Waals surface area contributed by atoms with Crippen LogP contribution in [0.25, 0.3) is 0 Å². The van der Waals surface area contributed by atoms with E-state index in [1.165, 1.54) is 0 Å². The van der Waals surface area contributed by atoms with Crippen LogP contribution in [-0.2, 0) is 4.74 Å². The number of likely N-dealkylation sites (N-methyl/N-ethyl adjacent to an activating group) is 1. The fraction of sp³-hybridized carbons (Fsp3) is 0.556. The standard InChI is InChI=1S/C9H13N4OS/c1-4-13-7(10)6-8(12(3)9(13)15)14-5(2)11-6/h6,10H,4H2,1-3H3/q+1. The number of thiocarbonyl (C=S) groups is 1. The quantitative estimate of drug-likeness (QED) is 0.520. The average Bonchev–Trinajstić information content (AvgIpc) is 2.58. The van der Waals surface area contributed by atoms with Gasteiger partial charge in [0.2, 0.25) is 11.9 Å². The van der Waals surface area contributed by atoms with Crippen LogP contribution in [0.5, 0.6) is 0 Å². The lowest BCUT2D eigenvalue weighted by Crippen LogP contribution is -2.54. The van der Waals surface area contributed by atoms with Crippen LogP contribution in [0, 0.1) is 5.41 Å². The van der Waals surface area contributed by atoms with E-state index in [1.807, 2.05) is 14.0 Å². The minimum atomic E-state index is -0.318. The Bertz CT molecular complexity index is 412. The zero-order chi connectivity index (χ0) is 11.2. The summed E-state index contributed by atoms with van der Waals surface area (Å²) in [7, 11) is 1.84. The van der Waals surface area contributed by atoms with Crippen molar-refractivity contribution in [2.45, 2.75) is 19.9 Å². The van der Waals surface area contributed by atoms with Crippen molar-refractivity contribution in [3.8, 4) is 0 Å². The van der Waals surface area contributed by atoms with Crippen molar-refractivity contribution >= 4 is 35.0 Å². The molecule has 1 N–H and O–H groups in total. The largest absolute Gasteiger partial charge is 0.410 e. The van der Waals surface area contributed by atoms with E-state index in [0.29, 0.717) is 29.3 Å². The Morgan fingerprint density at radius 2 is 2.33 bits per heavy atom. The van der Waals surface area contributed by atoms with Crippen molar-refractivity contribution in [3.05, 3.63) is 0 Å². The summed E-state index contributed by atoms with van der Waals surface area (Å²) in [4.78, 5) is 6.02. The lowest BCUT2D eigenvalue weighted by atomic mass is 10.2. The highest BCUT2D eigenvalue weighted by molar-refractivity contribution is 7.79. The molecule has 1 atom stereocenters. The number of rotatable bonds is 1. The number of nitrogens with one attached hydrogen (secondary N) is 1. The van der Waals surface area contributed by atoms with Crippen LogP contribution in [0.3, 0.4) is 0 Å². The Morgan fingerprint density at radius 1 is 1.67 bits per heavy atom. The zero-order valence-corrected chi connectivity index (χ0v) is 9.76. The van der Waals surface area contributed by atoms with E-state index in [4.69, 9.17) is 22.4 Å². The molecule has 2 aliphatic heterocycles. The normalized spacial score (nSPS) is 25.4. The number of hydrogen-bond acceptors (Lipinski definition) is 4. The molecule has 0 saturated carbocycles. The summed E-state index contributed by atoms with van der Waals surface area (Å²) < 4.78 is 7.23. The molecule has 0 amide bonds. The molecule has 15 heavy (non-hydrogen) atoms. The fourth-order valence-electron chi connectivity index (χ4n) is 1.73. The molecule has 5 nitrogen and oxygen atoms in total. The van der Waals surface area contributed by atoms with Gasteiger partial charge >= 0.3 is 11.0 Å². The highest BCUT2D eigenvalue weighted by atomic mass is 32.1. The van der Waals surface area contributed by atoms with E-state index < -0.39 is 0 Å². The van der Waals surface area contributed by atoms with Crippen molar-refractivity contribution in [2.75, 3.05) is 13.6 Å². The molecule has 80 valence electrons. The van der Waals surface area contributed by atoms with Crippen LogP contribution in [0.1, 0.15) is 13.8 Å². The molecule has 0 aromatic carbocycles. The first-order chi connectivity index (χ1) is 7.06. The predicted molar refractivity (Wildman–Crippen MR) is 61.9 cm³/mol. The van der Waals surface area contributed by atoms with Gasteiger partial charge in [-0.25, -0.2) is 9.89 Å². The Morgan fingerprint density at radius 3 is 2.93 bits per heavy atom. The molecule has 0 radical (unpaired) electrons. The Hall–Kier alpha value is -1.30. The van der Waals surface area contributed by atoms with Crippen LogP contribution in [-0.4, -0.2) is 51.9 Å². The maximum atomic E-state index is 7.99. The van der Waals surface area contributed by atoms with E-state index in [2.05, 4.69) is 4.99 Å². The molecule has 1 unspecified atom stereocenters. The molecule has 0 spiro atoms. The van der Waals surface area contributed by atoms with Gasteiger partial charge in [-0.3, -0.25) is 5.41 Å². The van der Waals surface area contributed by atoms with E-state index in [-0.39, 0.29) is 6.04 Å². The summed E-state index contributed by atoms with van der Waals surface area (Å²) in [5.74, 6) is 1.63. The summed E-state index contributed by atoms with van der Waals surface area (Å²) >= 11 is 5.25. The molecule has 0 aromatic heterocycles. The highest BCUT2D eigenvalue weighted by Gasteiger charge is 2.45. The first kappa shape index (κ1) is 10.2. The van der Waals surface area contributed by atoms with Crippen LogP contribution >= 0.6 is 12.2 Å². The van der Waals surface area contributed by atoms with Gasteiger partial charge in [0.25, 0.3) is 0 Å². The topological polar surface area (TPSA) is 51.7 Å². The Labute approximate surface area is 93.6 Å². The van der Waals surface area contributed by atoms with Gasteiger partial charge in [0, 0.05) is 19.1 Å². The first-order valence-corrected chi connectivity index (χ1v) is 5.19. The maximum absolute atomic E-state index is 7.99. The lowest BCUT2D eigenvalue weighted by Gasteiger charge is -2.23. The molecule has 2 aliphatic rings. The molecule has 0 aromatic rings. The summed E-state index contributed by atoms with van der Waals surface area (Å²) in [6.07, 6.45) is 0. The van der Waals surface area contributed by atoms with Crippen molar-refractivity contribution in [2.24, 2.45) is 4.99 Å². The SMILES string of the molecule is CCN1C(=N)C2N=C(C)OC2=[N+](C)C1=S. The van der Waals surface area contributed by atoms with Crippen molar-refractivity contribution in [1.29, 1.82) is 5.41 Å². The molecule has 0 fully saturated rings.